The first-order valence-corrected chi connectivity index (χ1v) is 8.78. The van der Waals surface area contributed by atoms with Crippen molar-refractivity contribution in [3.05, 3.63) is 71.4 Å². The number of phenols is 1. The van der Waals surface area contributed by atoms with Gasteiger partial charge < -0.3 is 5.11 Å². The number of phenolic OH excluding ortho intramolecular Hbond substituents is 1. The molecule has 0 aliphatic rings. The molecule has 0 atom stereocenters. The molecule has 0 aliphatic carbocycles. The molecule has 0 saturated heterocycles. The lowest BCUT2D eigenvalue weighted by Gasteiger charge is -2.05. The fourth-order valence-electron chi connectivity index (χ4n) is 2.70. The van der Waals surface area contributed by atoms with E-state index in [0.29, 0.717) is 22.9 Å². The molecule has 6 nitrogen and oxygen atoms in total. The van der Waals surface area contributed by atoms with Gasteiger partial charge in [-0.1, -0.05) is 50.2 Å². The van der Waals surface area contributed by atoms with Crippen molar-refractivity contribution in [3.8, 4) is 17.0 Å². The van der Waals surface area contributed by atoms with Crippen molar-refractivity contribution in [3.63, 3.8) is 0 Å². The van der Waals surface area contributed by atoms with Gasteiger partial charge in [-0.15, -0.1) is 0 Å². The average molecular weight is 362 g/mol. The molecule has 0 fully saturated rings. The monoisotopic (exact) mass is 362 g/mol. The number of amides is 1. The maximum absolute atomic E-state index is 12.2. The van der Waals surface area contributed by atoms with Crippen LogP contribution in [-0.2, 0) is 6.42 Å². The maximum Gasteiger partial charge on any atom is 0.289 e. The molecule has 0 bridgehead atoms. The fourth-order valence-corrected chi connectivity index (χ4v) is 2.70. The van der Waals surface area contributed by atoms with E-state index in [1.807, 2.05) is 12.1 Å². The van der Waals surface area contributed by atoms with E-state index in [-0.39, 0.29) is 11.7 Å². The van der Waals surface area contributed by atoms with Crippen LogP contribution >= 0.6 is 0 Å². The van der Waals surface area contributed by atoms with Gasteiger partial charge in [0.2, 0.25) is 0 Å². The van der Waals surface area contributed by atoms with Crippen molar-refractivity contribution >= 4 is 12.1 Å². The van der Waals surface area contributed by atoms with E-state index in [9.17, 15) is 9.90 Å². The molecule has 2 aromatic carbocycles. The summed E-state index contributed by atoms with van der Waals surface area (Å²) in [7, 11) is 0. The van der Waals surface area contributed by atoms with Crippen molar-refractivity contribution in [2.24, 2.45) is 11.0 Å². The number of hydrogen-bond acceptors (Lipinski definition) is 4. The fraction of sp³-hybridized carbons (Fsp3) is 0.190. The molecular weight excluding hydrogens is 340 g/mol. The lowest BCUT2D eigenvalue weighted by molar-refractivity contribution is 0.0950. The third-order valence-corrected chi connectivity index (χ3v) is 3.97. The molecule has 1 amide bonds. The highest BCUT2D eigenvalue weighted by molar-refractivity contribution is 5.94. The van der Waals surface area contributed by atoms with Crippen LogP contribution in [0.4, 0.5) is 0 Å². The normalized spacial score (nSPS) is 11.2. The molecule has 3 rings (SSSR count). The van der Waals surface area contributed by atoms with Gasteiger partial charge in [-0.05, 0) is 41.7 Å². The maximum atomic E-state index is 12.2. The summed E-state index contributed by atoms with van der Waals surface area (Å²) in [5.41, 5.74) is 6.37. The van der Waals surface area contributed by atoms with Gasteiger partial charge in [0.25, 0.3) is 5.91 Å². The molecule has 0 aliphatic heterocycles. The summed E-state index contributed by atoms with van der Waals surface area (Å²) in [4.78, 5) is 12.2. The Balaban J connectivity index is 1.63. The molecule has 6 heteroatoms. The van der Waals surface area contributed by atoms with Gasteiger partial charge in [0, 0.05) is 5.56 Å². The van der Waals surface area contributed by atoms with E-state index in [2.05, 4.69) is 46.7 Å². The standard InChI is InChI=1S/C21H22N4O2/c1-14(2)10-15-6-8-17(9-7-15)19-12-20(24-23-19)21(27)25-22-13-16-4-3-5-18(26)11-16/h3-9,11-14,26H,10H2,1-2H3,(H,23,24)(H,25,27)/b22-13-. The van der Waals surface area contributed by atoms with Gasteiger partial charge in [0.1, 0.15) is 11.4 Å². The lowest BCUT2D eigenvalue weighted by Crippen LogP contribution is -2.17. The summed E-state index contributed by atoms with van der Waals surface area (Å²) in [5, 5.41) is 20.2. The van der Waals surface area contributed by atoms with Crippen LogP contribution in [0, 0.1) is 5.92 Å². The zero-order valence-electron chi connectivity index (χ0n) is 15.3. The molecule has 1 heterocycles. The number of nitrogens with one attached hydrogen (secondary N) is 2. The molecule has 0 spiro atoms. The van der Waals surface area contributed by atoms with E-state index >= 15 is 0 Å². The summed E-state index contributed by atoms with van der Waals surface area (Å²) >= 11 is 0. The van der Waals surface area contributed by atoms with E-state index < -0.39 is 0 Å². The highest BCUT2D eigenvalue weighted by Crippen LogP contribution is 2.19. The van der Waals surface area contributed by atoms with Crippen LogP contribution in [-0.4, -0.2) is 27.4 Å². The minimum atomic E-state index is -0.387. The molecule has 27 heavy (non-hydrogen) atoms. The largest absolute Gasteiger partial charge is 0.508 e. The summed E-state index contributed by atoms with van der Waals surface area (Å²) in [6, 6.07) is 16.5. The minimum Gasteiger partial charge on any atom is -0.508 e. The number of hydrazone groups is 1. The Labute approximate surface area is 158 Å². The Hall–Kier alpha value is -3.41. The van der Waals surface area contributed by atoms with Crippen molar-refractivity contribution in [2.45, 2.75) is 20.3 Å². The van der Waals surface area contributed by atoms with Crippen LogP contribution in [0.1, 0.15) is 35.5 Å². The first kappa shape index (κ1) is 18.4. The number of hydrogen-bond donors (Lipinski definition) is 3. The number of aromatic hydroxyl groups is 1. The van der Waals surface area contributed by atoms with Gasteiger partial charge in [-0.3, -0.25) is 9.89 Å². The molecule has 0 radical (unpaired) electrons. The molecule has 138 valence electrons. The van der Waals surface area contributed by atoms with Gasteiger partial charge in [0.15, 0.2) is 0 Å². The number of carbonyl (C=O) groups is 1. The third-order valence-electron chi connectivity index (χ3n) is 3.97. The Morgan fingerprint density at radius 3 is 2.70 bits per heavy atom. The minimum absolute atomic E-state index is 0.142. The topological polar surface area (TPSA) is 90.4 Å². The lowest BCUT2D eigenvalue weighted by atomic mass is 10.0. The van der Waals surface area contributed by atoms with Crippen molar-refractivity contribution in [1.82, 2.24) is 15.6 Å². The van der Waals surface area contributed by atoms with Crippen LogP contribution in [0.25, 0.3) is 11.3 Å². The molecule has 0 saturated carbocycles. The van der Waals surface area contributed by atoms with Crippen LogP contribution in [0.3, 0.4) is 0 Å². The van der Waals surface area contributed by atoms with Crippen LogP contribution in [0.15, 0.2) is 59.7 Å². The number of carbonyl (C=O) groups excluding carboxylic acids is 1. The number of rotatable bonds is 6. The van der Waals surface area contributed by atoms with Crippen LogP contribution in [0.2, 0.25) is 0 Å². The Morgan fingerprint density at radius 2 is 2.00 bits per heavy atom. The predicted octanol–water partition coefficient (Wildman–Crippen LogP) is 3.74. The van der Waals surface area contributed by atoms with E-state index in [1.54, 1.807) is 30.3 Å². The second kappa shape index (κ2) is 8.31. The van der Waals surface area contributed by atoms with Crippen molar-refractivity contribution < 1.29 is 9.90 Å². The Kier molecular flexibility index (Phi) is 5.66. The third kappa shape index (κ3) is 5.04. The van der Waals surface area contributed by atoms with E-state index in [0.717, 1.165) is 12.0 Å². The molecular formula is C21H22N4O2. The number of H-pyrrole nitrogens is 1. The van der Waals surface area contributed by atoms with E-state index in [1.165, 1.54) is 11.8 Å². The molecule has 3 N–H and O–H groups in total. The zero-order valence-corrected chi connectivity index (χ0v) is 15.3. The van der Waals surface area contributed by atoms with Crippen LogP contribution in [0.5, 0.6) is 5.75 Å². The van der Waals surface area contributed by atoms with Gasteiger partial charge in [0.05, 0.1) is 11.9 Å². The number of nitrogens with zero attached hydrogens (tertiary/aromatic N) is 2. The number of aromatic nitrogens is 2. The zero-order chi connectivity index (χ0) is 19.2. The molecule has 3 aromatic rings. The smallest absolute Gasteiger partial charge is 0.289 e. The van der Waals surface area contributed by atoms with Crippen LogP contribution < -0.4 is 5.43 Å². The first-order valence-electron chi connectivity index (χ1n) is 8.78. The van der Waals surface area contributed by atoms with Gasteiger partial charge in [-0.2, -0.15) is 10.2 Å². The first-order chi connectivity index (χ1) is 13.0. The SMILES string of the molecule is CC(C)Cc1ccc(-c2cc(C(=O)N/N=C\c3cccc(O)c3)[nH]n2)cc1. The number of aromatic amines is 1. The highest BCUT2D eigenvalue weighted by Gasteiger charge is 2.10. The average Bonchev–Trinajstić information content (AvgIpc) is 3.12. The summed E-state index contributed by atoms with van der Waals surface area (Å²) in [6.07, 6.45) is 2.49. The summed E-state index contributed by atoms with van der Waals surface area (Å²) in [6.45, 7) is 4.38. The highest BCUT2D eigenvalue weighted by atomic mass is 16.3. The second-order valence-corrected chi connectivity index (χ2v) is 6.76. The second-order valence-electron chi connectivity index (χ2n) is 6.76. The molecule has 1 aromatic heterocycles. The van der Waals surface area contributed by atoms with Crippen molar-refractivity contribution in [1.29, 1.82) is 0 Å². The number of benzene rings is 2. The molecule has 0 unspecified atom stereocenters. The summed E-state index contributed by atoms with van der Waals surface area (Å²) < 4.78 is 0. The predicted molar refractivity (Wildman–Crippen MR) is 106 cm³/mol. The Bertz CT molecular complexity index is 943. The summed E-state index contributed by atoms with van der Waals surface area (Å²) in [5.74, 6) is 0.362. The van der Waals surface area contributed by atoms with Crippen molar-refractivity contribution in [2.75, 3.05) is 0 Å². The quantitative estimate of drug-likeness (QED) is 0.461. The Morgan fingerprint density at radius 1 is 1.22 bits per heavy atom. The van der Waals surface area contributed by atoms with Gasteiger partial charge in [-0.25, -0.2) is 5.43 Å². The van der Waals surface area contributed by atoms with Gasteiger partial charge >= 0.3 is 0 Å². The van der Waals surface area contributed by atoms with E-state index in [4.69, 9.17) is 0 Å².